The molecule has 1 aliphatic heterocycles. The maximum absolute atomic E-state index is 13.0. The van der Waals surface area contributed by atoms with E-state index in [4.69, 9.17) is 11.6 Å². The lowest BCUT2D eigenvalue weighted by Crippen LogP contribution is -2.32. The van der Waals surface area contributed by atoms with Gasteiger partial charge < -0.3 is 10.6 Å². The van der Waals surface area contributed by atoms with E-state index in [1.807, 2.05) is 38.1 Å². The Morgan fingerprint density at radius 2 is 1.44 bits per heavy atom. The van der Waals surface area contributed by atoms with Gasteiger partial charge in [0.1, 0.15) is 10.7 Å². The molecule has 0 atom stereocenters. The van der Waals surface area contributed by atoms with Gasteiger partial charge in [-0.05, 0) is 73.5 Å². The molecule has 160 valence electrons. The summed E-state index contributed by atoms with van der Waals surface area (Å²) in [5.41, 5.74) is 4.00. The molecule has 3 amide bonds. The number of hydrogen-bond acceptors (Lipinski definition) is 4. The fraction of sp³-hybridized carbons (Fsp3) is 0.0800. The molecule has 1 aliphatic rings. The molecule has 0 unspecified atom stereocenters. The SMILES string of the molecule is Cc1cc(C)cc(N2C(=O)C(Cl)=C(Nc3ccc(C(=O)Nc4ccccc4)cc3)C2=O)c1. The van der Waals surface area contributed by atoms with Gasteiger partial charge >= 0.3 is 0 Å². The van der Waals surface area contributed by atoms with E-state index in [0.717, 1.165) is 16.0 Å². The van der Waals surface area contributed by atoms with Crippen LogP contribution in [0.15, 0.2) is 83.5 Å². The summed E-state index contributed by atoms with van der Waals surface area (Å²) in [7, 11) is 0. The van der Waals surface area contributed by atoms with E-state index >= 15 is 0 Å². The molecular weight excluding hydrogens is 426 g/mol. The predicted octanol–water partition coefficient (Wildman–Crippen LogP) is 4.99. The van der Waals surface area contributed by atoms with E-state index in [0.29, 0.717) is 22.6 Å². The van der Waals surface area contributed by atoms with Gasteiger partial charge in [-0.3, -0.25) is 14.4 Å². The van der Waals surface area contributed by atoms with Crippen LogP contribution in [0, 0.1) is 13.8 Å². The lowest BCUT2D eigenvalue weighted by molar-refractivity contribution is -0.120. The van der Waals surface area contributed by atoms with Gasteiger partial charge in [-0.25, -0.2) is 4.90 Å². The summed E-state index contributed by atoms with van der Waals surface area (Å²) in [6.07, 6.45) is 0. The van der Waals surface area contributed by atoms with E-state index in [9.17, 15) is 14.4 Å². The first-order valence-electron chi connectivity index (χ1n) is 9.94. The fourth-order valence-electron chi connectivity index (χ4n) is 3.50. The quantitative estimate of drug-likeness (QED) is 0.542. The van der Waals surface area contributed by atoms with Crippen molar-refractivity contribution < 1.29 is 14.4 Å². The Morgan fingerprint density at radius 1 is 0.812 bits per heavy atom. The summed E-state index contributed by atoms with van der Waals surface area (Å²) in [5, 5.41) is 5.55. The van der Waals surface area contributed by atoms with E-state index in [2.05, 4.69) is 10.6 Å². The molecule has 2 N–H and O–H groups in total. The van der Waals surface area contributed by atoms with Crippen LogP contribution in [0.2, 0.25) is 0 Å². The normalized spacial score (nSPS) is 13.5. The Morgan fingerprint density at radius 3 is 2.06 bits per heavy atom. The third kappa shape index (κ3) is 4.26. The van der Waals surface area contributed by atoms with Crippen LogP contribution in [0.3, 0.4) is 0 Å². The maximum Gasteiger partial charge on any atom is 0.283 e. The molecule has 0 saturated heterocycles. The highest BCUT2D eigenvalue weighted by Crippen LogP contribution is 2.31. The lowest BCUT2D eigenvalue weighted by Gasteiger charge is -2.16. The highest BCUT2D eigenvalue weighted by Gasteiger charge is 2.39. The number of anilines is 3. The molecule has 7 heteroatoms. The summed E-state index contributed by atoms with van der Waals surface area (Å²) >= 11 is 6.21. The predicted molar refractivity (Wildman–Crippen MR) is 126 cm³/mol. The molecule has 1 heterocycles. The highest BCUT2D eigenvalue weighted by atomic mass is 35.5. The minimum atomic E-state index is -0.581. The summed E-state index contributed by atoms with van der Waals surface area (Å²) in [6, 6.07) is 21.1. The molecule has 0 saturated carbocycles. The van der Waals surface area contributed by atoms with Gasteiger partial charge in [0.15, 0.2) is 0 Å². The van der Waals surface area contributed by atoms with Gasteiger partial charge in [0, 0.05) is 16.9 Å². The Labute approximate surface area is 190 Å². The first kappa shape index (κ1) is 21.3. The topological polar surface area (TPSA) is 78.5 Å². The van der Waals surface area contributed by atoms with Crippen molar-refractivity contribution in [3.63, 3.8) is 0 Å². The molecule has 0 aliphatic carbocycles. The number of aryl methyl sites for hydroxylation is 2. The molecule has 0 spiro atoms. The summed E-state index contributed by atoms with van der Waals surface area (Å²) < 4.78 is 0. The molecule has 0 bridgehead atoms. The van der Waals surface area contributed by atoms with Gasteiger partial charge in [-0.15, -0.1) is 0 Å². The minimum Gasteiger partial charge on any atom is -0.350 e. The number of benzene rings is 3. The maximum atomic E-state index is 13.0. The van der Waals surface area contributed by atoms with Crippen molar-refractivity contribution in [2.45, 2.75) is 13.8 Å². The molecule has 32 heavy (non-hydrogen) atoms. The number of halogens is 1. The van der Waals surface area contributed by atoms with Crippen molar-refractivity contribution in [2.75, 3.05) is 15.5 Å². The molecule has 4 rings (SSSR count). The highest BCUT2D eigenvalue weighted by molar-refractivity contribution is 6.53. The van der Waals surface area contributed by atoms with Crippen molar-refractivity contribution in [1.82, 2.24) is 0 Å². The number of rotatable bonds is 5. The minimum absolute atomic E-state index is 0.00249. The molecular formula is C25H20ClN3O3. The molecule has 3 aromatic carbocycles. The zero-order chi connectivity index (χ0) is 22.8. The van der Waals surface area contributed by atoms with Gasteiger partial charge in [0.05, 0.1) is 5.69 Å². The van der Waals surface area contributed by atoms with Crippen molar-refractivity contribution in [2.24, 2.45) is 0 Å². The van der Waals surface area contributed by atoms with Crippen molar-refractivity contribution in [1.29, 1.82) is 0 Å². The summed E-state index contributed by atoms with van der Waals surface area (Å²) in [6.45, 7) is 3.79. The Bertz CT molecular complexity index is 1230. The first-order chi connectivity index (χ1) is 15.3. The van der Waals surface area contributed by atoms with Crippen LogP contribution in [0.5, 0.6) is 0 Å². The van der Waals surface area contributed by atoms with Gasteiger partial charge in [0.2, 0.25) is 0 Å². The van der Waals surface area contributed by atoms with Crippen molar-refractivity contribution in [3.05, 3.63) is 100 Å². The Balaban J connectivity index is 1.50. The van der Waals surface area contributed by atoms with Crippen molar-refractivity contribution in [3.8, 4) is 0 Å². The summed E-state index contributed by atoms with van der Waals surface area (Å²) in [4.78, 5) is 39.1. The monoisotopic (exact) mass is 445 g/mol. The van der Waals surface area contributed by atoms with Crippen molar-refractivity contribution >= 4 is 46.4 Å². The van der Waals surface area contributed by atoms with Crippen LogP contribution >= 0.6 is 11.6 Å². The second kappa shape index (κ2) is 8.69. The fourth-order valence-corrected chi connectivity index (χ4v) is 3.71. The first-order valence-corrected chi connectivity index (χ1v) is 10.3. The smallest absolute Gasteiger partial charge is 0.283 e. The average molecular weight is 446 g/mol. The van der Waals surface area contributed by atoms with E-state index in [1.165, 1.54) is 0 Å². The zero-order valence-electron chi connectivity index (χ0n) is 17.5. The van der Waals surface area contributed by atoms with E-state index in [1.54, 1.807) is 48.5 Å². The molecule has 0 fully saturated rings. The van der Waals surface area contributed by atoms with E-state index < -0.39 is 11.8 Å². The van der Waals surface area contributed by atoms with Crippen LogP contribution in [-0.4, -0.2) is 17.7 Å². The number of carbonyl (C=O) groups is 3. The number of nitrogens with one attached hydrogen (secondary N) is 2. The second-order valence-electron chi connectivity index (χ2n) is 7.50. The van der Waals surface area contributed by atoms with Crippen LogP contribution in [0.4, 0.5) is 17.1 Å². The molecule has 0 radical (unpaired) electrons. The van der Waals surface area contributed by atoms with Crippen LogP contribution < -0.4 is 15.5 Å². The largest absolute Gasteiger partial charge is 0.350 e. The van der Waals surface area contributed by atoms with E-state index in [-0.39, 0.29) is 16.6 Å². The zero-order valence-corrected chi connectivity index (χ0v) is 18.2. The van der Waals surface area contributed by atoms with Gasteiger partial charge in [-0.1, -0.05) is 35.9 Å². The summed E-state index contributed by atoms with van der Waals surface area (Å²) in [5.74, 6) is -1.37. The second-order valence-corrected chi connectivity index (χ2v) is 7.88. The number of imide groups is 1. The lowest BCUT2D eigenvalue weighted by atomic mass is 10.1. The number of nitrogens with zero attached hydrogens (tertiary/aromatic N) is 1. The number of hydrogen-bond donors (Lipinski definition) is 2. The molecule has 0 aromatic heterocycles. The molecule has 6 nitrogen and oxygen atoms in total. The Hall–Kier alpha value is -3.90. The van der Waals surface area contributed by atoms with Gasteiger partial charge in [-0.2, -0.15) is 0 Å². The number of carbonyl (C=O) groups excluding carboxylic acids is 3. The third-order valence-corrected chi connectivity index (χ3v) is 5.29. The number of amides is 3. The van der Waals surface area contributed by atoms with Crippen LogP contribution in [-0.2, 0) is 9.59 Å². The standard InChI is InChI=1S/C25H20ClN3O3/c1-15-12-16(2)14-20(13-15)29-24(31)21(26)22(25(29)32)27-19-10-8-17(9-11-19)23(30)28-18-6-4-3-5-7-18/h3-14,27H,1-2H3,(H,28,30). The third-order valence-electron chi connectivity index (χ3n) is 4.94. The number of para-hydroxylation sites is 1. The van der Waals surface area contributed by atoms with Crippen LogP contribution in [0.1, 0.15) is 21.5 Å². The van der Waals surface area contributed by atoms with Crippen LogP contribution in [0.25, 0.3) is 0 Å². The Kier molecular flexibility index (Phi) is 5.79. The average Bonchev–Trinajstić information content (AvgIpc) is 2.97. The van der Waals surface area contributed by atoms with Gasteiger partial charge in [0.25, 0.3) is 17.7 Å². The molecule has 3 aromatic rings.